The van der Waals surface area contributed by atoms with Crippen molar-refractivity contribution in [3.05, 3.63) is 59.7 Å². The van der Waals surface area contributed by atoms with Crippen molar-refractivity contribution in [2.45, 2.75) is 20.4 Å². The summed E-state index contributed by atoms with van der Waals surface area (Å²) in [7, 11) is 4.14. The van der Waals surface area contributed by atoms with Gasteiger partial charge in [0.1, 0.15) is 6.54 Å². The zero-order valence-corrected chi connectivity index (χ0v) is 22.2. The van der Waals surface area contributed by atoms with Crippen LogP contribution in [-0.4, -0.2) is 35.8 Å². The summed E-state index contributed by atoms with van der Waals surface area (Å²) in [6, 6.07) is 2.77. The van der Waals surface area contributed by atoms with Crippen molar-refractivity contribution in [2.24, 2.45) is 27.1 Å². The van der Waals surface area contributed by atoms with E-state index >= 15 is 0 Å². The van der Waals surface area contributed by atoms with Gasteiger partial charge < -0.3 is 10.1 Å². The highest BCUT2D eigenvalue weighted by molar-refractivity contribution is 7.14. The number of carbonyl (C=O) groups is 1. The summed E-state index contributed by atoms with van der Waals surface area (Å²) in [5.74, 6) is -1.09. The largest absolute Gasteiger partial charge is 0.489 e. The molecule has 1 N–H and O–H groups in total. The molecule has 37 heavy (non-hydrogen) atoms. The number of amides is 1. The molecule has 0 spiro atoms. The third-order valence-electron chi connectivity index (χ3n) is 5.62. The maximum Gasteiger partial charge on any atom is 0.332 e. The van der Waals surface area contributed by atoms with Crippen LogP contribution in [-0.2, 0) is 32.5 Å². The minimum Gasteiger partial charge on any atom is -0.489 e. The van der Waals surface area contributed by atoms with E-state index in [0.29, 0.717) is 17.9 Å². The Bertz CT molecular complexity index is 1690. The number of fused-ring (bicyclic) bond motifs is 1. The van der Waals surface area contributed by atoms with Crippen LogP contribution in [0.1, 0.15) is 13.8 Å². The Morgan fingerprint density at radius 2 is 1.81 bits per heavy atom. The quantitative estimate of drug-likeness (QED) is 0.377. The lowest BCUT2D eigenvalue weighted by Gasteiger charge is -2.12. The molecule has 0 fully saturated rings. The van der Waals surface area contributed by atoms with E-state index in [9.17, 15) is 23.6 Å². The molecule has 3 heterocycles. The number of halogens is 2. The first-order valence-electron chi connectivity index (χ1n) is 11.1. The average Bonchev–Trinajstić information content (AvgIpc) is 3.39. The third kappa shape index (κ3) is 4.83. The van der Waals surface area contributed by atoms with Gasteiger partial charge in [-0.05, 0) is 18.1 Å². The summed E-state index contributed by atoms with van der Waals surface area (Å²) in [6.07, 6.45) is 0. The first-order valence-corrected chi connectivity index (χ1v) is 12.4. The minimum absolute atomic E-state index is 0.0351. The SMILES string of the molecule is CC(C)COc1c(F)cc(-c2csc(NC(=O)Cn3c(=O)n(C)c4c3c(=O)n(C)c(=O)n4C)n2)cc1Cl. The van der Waals surface area contributed by atoms with E-state index in [0.717, 1.165) is 25.0 Å². The Morgan fingerprint density at radius 3 is 2.46 bits per heavy atom. The molecule has 0 saturated carbocycles. The lowest BCUT2D eigenvalue weighted by Crippen LogP contribution is -2.38. The van der Waals surface area contributed by atoms with Gasteiger partial charge in [-0.25, -0.2) is 19.0 Å². The molecule has 0 bridgehead atoms. The molecule has 1 aromatic carbocycles. The first-order chi connectivity index (χ1) is 17.4. The number of thiazole rings is 1. The Hall–Kier alpha value is -3.71. The summed E-state index contributed by atoms with van der Waals surface area (Å²) < 4.78 is 24.2. The lowest BCUT2D eigenvalue weighted by atomic mass is 10.1. The summed E-state index contributed by atoms with van der Waals surface area (Å²) in [6.45, 7) is 3.69. The van der Waals surface area contributed by atoms with Crippen LogP contribution in [0, 0.1) is 11.7 Å². The number of anilines is 1. The van der Waals surface area contributed by atoms with Gasteiger partial charge >= 0.3 is 11.4 Å². The van der Waals surface area contributed by atoms with Crippen molar-refractivity contribution in [1.82, 2.24) is 23.3 Å². The number of benzene rings is 1. The van der Waals surface area contributed by atoms with Gasteiger partial charge in [0.15, 0.2) is 27.9 Å². The Balaban J connectivity index is 1.58. The number of ether oxygens (including phenoxy) is 1. The number of carbonyl (C=O) groups excluding carboxylic acids is 1. The fourth-order valence-corrected chi connectivity index (χ4v) is 4.81. The number of aryl methyl sites for hydroxylation is 2. The highest BCUT2D eigenvalue weighted by Crippen LogP contribution is 2.34. The van der Waals surface area contributed by atoms with Crippen LogP contribution in [0.2, 0.25) is 5.02 Å². The maximum absolute atomic E-state index is 14.6. The Kier molecular flexibility index (Phi) is 7.11. The van der Waals surface area contributed by atoms with E-state index < -0.39 is 35.2 Å². The number of hydrogen-bond donors (Lipinski definition) is 1. The molecule has 3 aromatic heterocycles. The second kappa shape index (κ2) is 9.98. The molecule has 4 rings (SSSR count). The van der Waals surface area contributed by atoms with E-state index in [2.05, 4.69) is 10.3 Å². The topological polar surface area (TPSA) is 122 Å². The molecule has 14 heteroatoms. The van der Waals surface area contributed by atoms with E-state index in [4.69, 9.17) is 16.3 Å². The van der Waals surface area contributed by atoms with Gasteiger partial charge in [0.25, 0.3) is 5.56 Å². The maximum atomic E-state index is 14.6. The van der Waals surface area contributed by atoms with Crippen LogP contribution < -0.4 is 27.0 Å². The van der Waals surface area contributed by atoms with Crippen molar-refractivity contribution >= 4 is 45.1 Å². The van der Waals surface area contributed by atoms with Gasteiger partial charge in [-0.15, -0.1) is 11.3 Å². The first kappa shape index (κ1) is 26.4. The van der Waals surface area contributed by atoms with E-state index in [1.165, 1.54) is 37.8 Å². The van der Waals surface area contributed by atoms with Crippen LogP contribution in [0.3, 0.4) is 0 Å². The number of hydrogen-bond acceptors (Lipinski definition) is 7. The second-order valence-corrected chi connectivity index (χ2v) is 10.1. The molecule has 0 aliphatic heterocycles. The summed E-state index contributed by atoms with van der Waals surface area (Å²) in [5.41, 5.74) is -1.12. The van der Waals surface area contributed by atoms with Gasteiger partial charge in [0, 0.05) is 32.1 Å². The predicted molar refractivity (Wildman–Crippen MR) is 139 cm³/mol. The number of rotatable bonds is 7. The standard InChI is InChI=1S/C23H24ClFN6O5S/c1-11(2)9-36-18-13(24)6-12(7-14(18)25)15-10-37-21(26-15)27-16(32)8-31-17-19(29(4)23(31)35)28(3)22(34)30(5)20(17)33/h6-7,10-11H,8-9H2,1-5H3,(H,26,27,32). The number of aromatic nitrogens is 5. The fraction of sp³-hybridized carbons (Fsp3) is 0.348. The number of nitrogens with zero attached hydrogens (tertiary/aromatic N) is 5. The molecule has 11 nitrogen and oxygen atoms in total. The van der Waals surface area contributed by atoms with Crippen LogP contribution in [0.5, 0.6) is 5.75 Å². The zero-order valence-electron chi connectivity index (χ0n) is 20.7. The summed E-state index contributed by atoms with van der Waals surface area (Å²) >= 11 is 7.31. The van der Waals surface area contributed by atoms with Crippen molar-refractivity contribution in [3.8, 4) is 17.0 Å². The van der Waals surface area contributed by atoms with Crippen LogP contribution >= 0.6 is 22.9 Å². The zero-order chi connectivity index (χ0) is 27.2. The summed E-state index contributed by atoms with van der Waals surface area (Å²) in [4.78, 5) is 54.8. The van der Waals surface area contributed by atoms with Crippen LogP contribution in [0.15, 0.2) is 31.9 Å². The monoisotopic (exact) mass is 550 g/mol. The molecule has 0 atom stereocenters. The second-order valence-electron chi connectivity index (χ2n) is 8.87. The Morgan fingerprint density at radius 1 is 1.14 bits per heavy atom. The molecular formula is C23H24ClFN6O5S. The van der Waals surface area contributed by atoms with Gasteiger partial charge in [-0.2, -0.15) is 0 Å². The van der Waals surface area contributed by atoms with Crippen molar-refractivity contribution in [3.63, 3.8) is 0 Å². The molecule has 1 amide bonds. The molecule has 4 aromatic rings. The van der Waals surface area contributed by atoms with Crippen LogP contribution in [0.4, 0.5) is 9.52 Å². The van der Waals surface area contributed by atoms with Crippen molar-refractivity contribution < 1.29 is 13.9 Å². The number of imidazole rings is 1. The molecule has 0 radical (unpaired) electrons. The summed E-state index contributed by atoms with van der Waals surface area (Å²) in [5, 5.41) is 4.50. The molecule has 0 saturated heterocycles. The highest BCUT2D eigenvalue weighted by atomic mass is 35.5. The molecule has 0 unspecified atom stereocenters. The molecule has 0 aliphatic carbocycles. The lowest BCUT2D eigenvalue weighted by molar-refractivity contribution is -0.116. The average molecular weight is 551 g/mol. The van der Waals surface area contributed by atoms with E-state index in [-0.39, 0.29) is 33.0 Å². The normalized spacial score (nSPS) is 11.5. The predicted octanol–water partition coefficient (Wildman–Crippen LogP) is 2.33. The van der Waals surface area contributed by atoms with E-state index in [1.54, 1.807) is 5.38 Å². The Labute approximate surface area is 218 Å². The molecular weight excluding hydrogens is 527 g/mol. The highest BCUT2D eigenvalue weighted by Gasteiger charge is 2.22. The molecule has 196 valence electrons. The van der Waals surface area contributed by atoms with Crippen LogP contribution in [0.25, 0.3) is 22.4 Å². The van der Waals surface area contributed by atoms with Gasteiger partial charge in [-0.1, -0.05) is 25.4 Å². The van der Waals surface area contributed by atoms with Crippen molar-refractivity contribution in [1.29, 1.82) is 0 Å². The van der Waals surface area contributed by atoms with Crippen molar-refractivity contribution in [2.75, 3.05) is 11.9 Å². The smallest absolute Gasteiger partial charge is 0.332 e. The minimum atomic E-state index is -0.695. The van der Waals surface area contributed by atoms with E-state index in [1.807, 2.05) is 13.8 Å². The third-order valence-corrected chi connectivity index (χ3v) is 6.66. The number of nitrogens with one attached hydrogen (secondary N) is 1. The van der Waals surface area contributed by atoms with Gasteiger partial charge in [-0.3, -0.25) is 27.9 Å². The van der Waals surface area contributed by atoms with Gasteiger partial charge in [0.05, 0.1) is 17.3 Å². The van der Waals surface area contributed by atoms with Gasteiger partial charge in [0.2, 0.25) is 5.91 Å². The molecule has 0 aliphatic rings. The fourth-order valence-electron chi connectivity index (χ4n) is 3.81.